The van der Waals surface area contributed by atoms with E-state index in [1.54, 1.807) is 0 Å². The Morgan fingerprint density at radius 2 is 1.33 bits per heavy atom. The Morgan fingerprint density at radius 3 is 1.75 bits per heavy atom. The first kappa shape index (κ1) is 17.3. The van der Waals surface area contributed by atoms with E-state index < -0.39 is 0 Å². The number of hydrogen-bond acceptors (Lipinski definition) is 2. The van der Waals surface area contributed by atoms with Crippen LogP contribution in [0.3, 0.4) is 0 Å². The van der Waals surface area contributed by atoms with Crippen LogP contribution in [0.1, 0.15) is 11.1 Å². The second kappa shape index (κ2) is 7.60. The van der Waals surface area contributed by atoms with Crippen molar-refractivity contribution in [1.29, 1.82) is 0 Å². The maximum Gasteiger partial charge on any atom is 0.187 e. The number of nitrogens with zero attached hydrogens (tertiary/aromatic N) is 1. The second-order valence-corrected chi connectivity index (χ2v) is 7.78. The van der Waals surface area contributed by atoms with Gasteiger partial charge in [-0.15, -0.1) is 0 Å². The Balaban J connectivity index is 1.94. The molecule has 122 valence electrons. The summed E-state index contributed by atoms with van der Waals surface area (Å²) >= 11 is 6.95. The van der Waals surface area contributed by atoms with Gasteiger partial charge in [0.1, 0.15) is 0 Å². The van der Waals surface area contributed by atoms with Crippen LogP contribution in [0.25, 0.3) is 12.2 Å². The number of benzene rings is 2. The zero-order valence-electron chi connectivity index (χ0n) is 13.3. The van der Waals surface area contributed by atoms with Gasteiger partial charge in [-0.05, 0) is 54.6 Å². The summed E-state index contributed by atoms with van der Waals surface area (Å²) in [7, 11) is 2.04. The smallest absolute Gasteiger partial charge is 0.187 e. The highest BCUT2D eigenvalue weighted by Crippen LogP contribution is 2.23. The van der Waals surface area contributed by atoms with Gasteiger partial charge in [-0.1, -0.05) is 56.1 Å². The molecule has 1 aliphatic heterocycles. The number of carbonyl (C=O) groups is 1. The third kappa shape index (κ3) is 4.32. The van der Waals surface area contributed by atoms with Crippen LogP contribution in [0, 0.1) is 0 Å². The molecular weight excluding hydrogens is 430 g/mol. The van der Waals surface area contributed by atoms with Crippen molar-refractivity contribution in [2.45, 2.75) is 0 Å². The number of Topliss-reactive ketones (excluding diaryl/α,β-unsaturated/α-hetero) is 1. The Bertz CT molecular complexity index is 772. The number of hydrogen-bond donors (Lipinski definition) is 0. The molecule has 0 amide bonds. The summed E-state index contributed by atoms with van der Waals surface area (Å²) in [6, 6.07) is 16.0. The minimum absolute atomic E-state index is 0.132. The van der Waals surface area contributed by atoms with Crippen molar-refractivity contribution in [3.63, 3.8) is 0 Å². The molecule has 0 saturated carbocycles. The van der Waals surface area contributed by atoms with Crippen LogP contribution >= 0.6 is 31.9 Å². The molecule has 1 saturated heterocycles. The molecule has 1 heterocycles. The van der Waals surface area contributed by atoms with Crippen LogP contribution in [0.5, 0.6) is 0 Å². The molecule has 0 N–H and O–H groups in total. The largest absolute Gasteiger partial charge is 0.298 e. The van der Waals surface area contributed by atoms with E-state index in [2.05, 4.69) is 36.8 Å². The van der Waals surface area contributed by atoms with Gasteiger partial charge in [0.25, 0.3) is 0 Å². The molecule has 0 unspecified atom stereocenters. The summed E-state index contributed by atoms with van der Waals surface area (Å²) in [5.41, 5.74) is 3.71. The Kier molecular flexibility index (Phi) is 5.49. The minimum atomic E-state index is 0.132. The SMILES string of the molecule is CN1C/C(=C/c2cccc(Br)c2)C(=O)/C(=C/c2cccc(Br)c2)C1. The lowest BCUT2D eigenvalue weighted by Gasteiger charge is -2.26. The number of rotatable bonds is 2. The zero-order valence-corrected chi connectivity index (χ0v) is 16.5. The number of likely N-dealkylation sites (N-methyl/N-ethyl adjacent to an activating group) is 1. The highest BCUT2D eigenvalue weighted by molar-refractivity contribution is 9.10. The van der Waals surface area contributed by atoms with Gasteiger partial charge >= 0.3 is 0 Å². The lowest BCUT2D eigenvalue weighted by atomic mass is 9.94. The second-order valence-electron chi connectivity index (χ2n) is 5.95. The molecule has 0 aromatic heterocycles. The Morgan fingerprint density at radius 1 is 0.875 bits per heavy atom. The molecule has 1 fully saturated rings. The van der Waals surface area contributed by atoms with E-state index in [1.165, 1.54) is 0 Å². The number of ketones is 1. The van der Waals surface area contributed by atoms with E-state index in [1.807, 2.05) is 67.7 Å². The molecule has 24 heavy (non-hydrogen) atoms. The lowest BCUT2D eigenvalue weighted by molar-refractivity contribution is -0.113. The van der Waals surface area contributed by atoms with E-state index in [0.717, 1.165) is 31.2 Å². The monoisotopic (exact) mass is 445 g/mol. The standard InChI is InChI=1S/C20H17Br2NO/c1-23-12-16(8-14-4-2-6-18(21)10-14)20(24)17(13-23)9-15-5-3-7-19(22)11-15/h2-11H,12-13H2,1H3/b16-8-,17-9+. The lowest BCUT2D eigenvalue weighted by Crippen LogP contribution is -2.34. The van der Waals surface area contributed by atoms with Crippen LogP contribution in [-0.2, 0) is 4.79 Å². The van der Waals surface area contributed by atoms with Gasteiger partial charge in [0, 0.05) is 33.2 Å². The van der Waals surface area contributed by atoms with Crippen molar-refractivity contribution < 1.29 is 4.79 Å². The number of carbonyl (C=O) groups excluding carboxylic acids is 1. The van der Waals surface area contributed by atoms with Crippen molar-refractivity contribution in [2.75, 3.05) is 20.1 Å². The number of likely N-dealkylation sites (tertiary alicyclic amines) is 1. The van der Waals surface area contributed by atoms with E-state index in [9.17, 15) is 4.79 Å². The molecule has 0 aliphatic carbocycles. The van der Waals surface area contributed by atoms with Gasteiger partial charge in [-0.3, -0.25) is 9.69 Å². The molecule has 2 aromatic carbocycles. The van der Waals surface area contributed by atoms with Crippen LogP contribution < -0.4 is 0 Å². The summed E-state index contributed by atoms with van der Waals surface area (Å²) in [5, 5.41) is 0. The fourth-order valence-electron chi connectivity index (χ4n) is 2.80. The fraction of sp³-hybridized carbons (Fsp3) is 0.150. The van der Waals surface area contributed by atoms with Crippen molar-refractivity contribution in [3.05, 3.63) is 79.7 Å². The third-order valence-electron chi connectivity index (χ3n) is 3.84. The summed E-state index contributed by atoms with van der Waals surface area (Å²) < 4.78 is 2.02. The van der Waals surface area contributed by atoms with Crippen molar-refractivity contribution in [2.24, 2.45) is 0 Å². The highest BCUT2D eigenvalue weighted by atomic mass is 79.9. The van der Waals surface area contributed by atoms with E-state index in [4.69, 9.17) is 0 Å². The van der Waals surface area contributed by atoms with Crippen LogP contribution in [-0.4, -0.2) is 30.8 Å². The number of piperidine rings is 1. The van der Waals surface area contributed by atoms with Crippen LogP contribution in [0.4, 0.5) is 0 Å². The van der Waals surface area contributed by atoms with Gasteiger partial charge in [-0.2, -0.15) is 0 Å². The predicted molar refractivity (Wildman–Crippen MR) is 107 cm³/mol. The van der Waals surface area contributed by atoms with E-state index in [0.29, 0.717) is 13.1 Å². The topological polar surface area (TPSA) is 20.3 Å². The molecule has 4 heteroatoms. The van der Waals surface area contributed by atoms with Gasteiger partial charge in [0.15, 0.2) is 5.78 Å². The van der Waals surface area contributed by atoms with Crippen molar-refractivity contribution >= 4 is 49.8 Å². The molecule has 2 nitrogen and oxygen atoms in total. The summed E-state index contributed by atoms with van der Waals surface area (Å²) in [6.07, 6.45) is 3.97. The highest BCUT2D eigenvalue weighted by Gasteiger charge is 2.23. The van der Waals surface area contributed by atoms with Crippen molar-refractivity contribution in [3.8, 4) is 0 Å². The first-order valence-electron chi connectivity index (χ1n) is 7.67. The molecule has 1 aliphatic rings. The van der Waals surface area contributed by atoms with Gasteiger partial charge < -0.3 is 0 Å². The number of halogens is 2. The summed E-state index contributed by atoms with van der Waals surface area (Å²) in [5.74, 6) is 0.132. The predicted octanol–water partition coefficient (Wildman–Crippen LogP) is 5.19. The molecule has 0 bridgehead atoms. The summed E-state index contributed by atoms with van der Waals surface area (Å²) in [6.45, 7) is 1.34. The van der Waals surface area contributed by atoms with E-state index >= 15 is 0 Å². The first-order chi connectivity index (χ1) is 11.5. The molecule has 0 radical (unpaired) electrons. The van der Waals surface area contributed by atoms with Gasteiger partial charge in [0.2, 0.25) is 0 Å². The maximum atomic E-state index is 12.9. The average molecular weight is 447 g/mol. The maximum absolute atomic E-state index is 12.9. The Hall–Kier alpha value is -1.49. The van der Waals surface area contributed by atoms with E-state index in [-0.39, 0.29) is 5.78 Å². The summed E-state index contributed by atoms with van der Waals surface area (Å²) in [4.78, 5) is 15.0. The van der Waals surface area contributed by atoms with Gasteiger partial charge in [0.05, 0.1) is 0 Å². The Labute approximate surface area is 159 Å². The molecule has 3 rings (SSSR count). The zero-order chi connectivity index (χ0) is 17.1. The molecule has 2 aromatic rings. The van der Waals surface area contributed by atoms with Gasteiger partial charge in [-0.25, -0.2) is 0 Å². The molecular formula is C20H17Br2NO. The normalized spacial score (nSPS) is 19.2. The molecule has 0 atom stereocenters. The van der Waals surface area contributed by atoms with Crippen LogP contribution in [0.2, 0.25) is 0 Å². The molecule has 0 spiro atoms. The minimum Gasteiger partial charge on any atom is -0.298 e. The average Bonchev–Trinajstić information content (AvgIpc) is 2.52. The fourth-order valence-corrected chi connectivity index (χ4v) is 3.64. The van der Waals surface area contributed by atoms with Crippen molar-refractivity contribution in [1.82, 2.24) is 4.90 Å². The quantitative estimate of drug-likeness (QED) is 0.591. The third-order valence-corrected chi connectivity index (χ3v) is 4.83. The van der Waals surface area contributed by atoms with Crippen LogP contribution in [0.15, 0.2) is 68.6 Å². The first-order valence-corrected chi connectivity index (χ1v) is 9.25.